The number of aromatic nitrogens is 3. The Bertz CT molecular complexity index is 814. The largest absolute Gasteiger partial charge is 0.382 e. The van der Waals surface area contributed by atoms with Crippen LogP contribution in [0.15, 0.2) is 47.2 Å². The van der Waals surface area contributed by atoms with Gasteiger partial charge in [0.25, 0.3) is 0 Å². The molecular weight excluding hydrogens is 334 g/mol. The van der Waals surface area contributed by atoms with Crippen LogP contribution >= 0.6 is 15.9 Å². The number of amides is 1. The van der Waals surface area contributed by atoms with Crippen molar-refractivity contribution in [3.8, 4) is 0 Å². The van der Waals surface area contributed by atoms with Crippen molar-refractivity contribution in [1.82, 2.24) is 14.8 Å². The zero-order valence-electron chi connectivity index (χ0n) is 11.0. The summed E-state index contributed by atoms with van der Waals surface area (Å²) in [6, 6.07) is 9.23. The number of nitrogens with one attached hydrogen (secondary N) is 1. The van der Waals surface area contributed by atoms with Gasteiger partial charge in [-0.3, -0.25) is 14.5 Å². The molecule has 2 aromatic heterocycles. The van der Waals surface area contributed by atoms with Gasteiger partial charge in [0.2, 0.25) is 5.91 Å². The van der Waals surface area contributed by atoms with Gasteiger partial charge >= 0.3 is 0 Å². The summed E-state index contributed by atoms with van der Waals surface area (Å²) in [6.45, 7) is 0.101. The molecule has 3 rings (SSSR count). The molecule has 0 atom stereocenters. The van der Waals surface area contributed by atoms with E-state index in [1.165, 1.54) is 4.68 Å². The number of fused-ring (bicyclic) bond motifs is 1. The van der Waals surface area contributed by atoms with Crippen molar-refractivity contribution in [2.24, 2.45) is 0 Å². The third-order valence-corrected chi connectivity index (χ3v) is 3.35. The molecule has 21 heavy (non-hydrogen) atoms. The molecule has 0 fully saturated rings. The van der Waals surface area contributed by atoms with E-state index in [0.29, 0.717) is 11.5 Å². The molecule has 1 amide bonds. The predicted molar refractivity (Wildman–Crippen MR) is 84.7 cm³/mol. The highest BCUT2D eigenvalue weighted by Gasteiger charge is 2.08. The van der Waals surface area contributed by atoms with Gasteiger partial charge in [-0.25, -0.2) is 0 Å². The molecule has 1 aromatic carbocycles. The summed E-state index contributed by atoms with van der Waals surface area (Å²) < 4.78 is 2.38. The smallest absolute Gasteiger partial charge is 0.246 e. The van der Waals surface area contributed by atoms with E-state index in [1.54, 1.807) is 18.5 Å². The number of halogens is 1. The second-order valence-electron chi connectivity index (χ2n) is 4.52. The molecular formula is C14H12BrN5O. The highest BCUT2D eigenvalue weighted by atomic mass is 79.9. The van der Waals surface area contributed by atoms with Crippen LogP contribution in [-0.4, -0.2) is 20.7 Å². The lowest BCUT2D eigenvalue weighted by Crippen LogP contribution is -2.19. The number of para-hydroxylation sites is 1. The van der Waals surface area contributed by atoms with Crippen LogP contribution in [0.5, 0.6) is 0 Å². The fourth-order valence-electron chi connectivity index (χ4n) is 2.04. The van der Waals surface area contributed by atoms with Crippen LogP contribution in [0.3, 0.4) is 0 Å². The summed E-state index contributed by atoms with van der Waals surface area (Å²) in [6.07, 6.45) is 3.36. The van der Waals surface area contributed by atoms with Crippen LogP contribution in [0.4, 0.5) is 11.5 Å². The van der Waals surface area contributed by atoms with E-state index in [9.17, 15) is 4.79 Å². The van der Waals surface area contributed by atoms with E-state index in [1.807, 2.05) is 24.3 Å². The second-order valence-corrected chi connectivity index (χ2v) is 5.43. The minimum atomic E-state index is -0.185. The van der Waals surface area contributed by atoms with Gasteiger partial charge in [-0.1, -0.05) is 12.1 Å². The number of carbonyl (C=O) groups excluding carboxylic acids is 1. The minimum absolute atomic E-state index is 0.101. The number of hydrogen-bond donors (Lipinski definition) is 2. The van der Waals surface area contributed by atoms with Crippen molar-refractivity contribution in [2.45, 2.75) is 6.54 Å². The summed E-state index contributed by atoms with van der Waals surface area (Å²) in [7, 11) is 0. The Morgan fingerprint density at radius 1 is 1.38 bits per heavy atom. The molecule has 0 aliphatic carbocycles. The number of nitrogens with zero attached hydrogens (tertiary/aromatic N) is 3. The Labute approximate surface area is 129 Å². The van der Waals surface area contributed by atoms with Crippen molar-refractivity contribution in [3.05, 3.63) is 47.2 Å². The highest BCUT2D eigenvalue weighted by molar-refractivity contribution is 9.10. The van der Waals surface area contributed by atoms with Crippen molar-refractivity contribution in [3.63, 3.8) is 0 Å². The van der Waals surface area contributed by atoms with Gasteiger partial charge in [0.1, 0.15) is 12.4 Å². The molecule has 2 heterocycles. The fourth-order valence-corrected chi connectivity index (χ4v) is 2.39. The third-order valence-electron chi connectivity index (χ3n) is 2.92. The molecule has 0 radical (unpaired) electrons. The number of pyridine rings is 1. The molecule has 7 heteroatoms. The monoisotopic (exact) mass is 345 g/mol. The van der Waals surface area contributed by atoms with Crippen LogP contribution in [0.25, 0.3) is 10.9 Å². The summed E-state index contributed by atoms with van der Waals surface area (Å²) in [5.41, 5.74) is 6.93. The lowest BCUT2D eigenvalue weighted by atomic mass is 10.2. The van der Waals surface area contributed by atoms with Crippen LogP contribution in [0.1, 0.15) is 0 Å². The third kappa shape index (κ3) is 3.03. The van der Waals surface area contributed by atoms with Gasteiger partial charge < -0.3 is 11.1 Å². The quantitative estimate of drug-likeness (QED) is 0.763. The average Bonchev–Trinajstić information content (AvgIpc) is 2.83. The predicted octanol–water partition coefficient (Wildman–Crippen LogP) is 2.41. The lowest BCUT2D eigenvalue weighted by Gasteiger charge is -2.08. The van der Waals surface area contributed by atoms with E-state index in [0.717, 1.165) is 15.4 Å². The number of nitrogens with two attached hydrogens (primary N) is 1. The first-order chi connectivity index (χ1) is 10.1. The first-order valence-corrected chi connectivity index (χ1v) is 7.04. The molecule has 0 bridgehead atoms. The van der Waals surface area contributed by atoms with Crippen molar-refractivity contribution < 1.29 is 4.79 Å². The Hall–Kier alpha value is -2.41. The second kappa shape index (κ2) is 5.53. The Morgan fingerprint density at radius 3 is 3.00 bits per heavy atom. The number of rotatable bonds is 3. The van der Waals surface area contributed by atoms with Crippen LogP contribution in [0, 0.1) is 0 Å². The van der Waals surface area contributed by atoms with Crippen LogP contribution in [-0.2, 0) is 11.3 Å². The molecule has 6 nitrogen and oxygen atoms in total. The van der Waals surface area contributed by atoms with Crippen molar-refractivity contribution in [2.75, 3.05) is 11.1 Å². The maximum Gasteiger partial charge on any atom is 0.246 e. The van der Waals surface area contributed by atoms with E-state index in [4.69, 9.17) is 5.73 Å². The van der Waals surface area contributed by atoms with Gasteiger partial charge in [-0.15, -0.1) is 0 Å². The summed E-state index contributed by atoms with van der Waals surface area (Å²) >= 11 is 3.38. The molecule has 3 aromatic rings. The van der Waals surface area contributed by atoms with Gasteiger partial charge in [0, 0.05) is 22.3 Å². The number of nitrogen functional groups attached to an aromatic ring is 1. The van der Waals surface area contributed by atoms with E-state index in [-0.39, 0.29) is 12.5 Å². The van der Waals surface area contributed by atoms with Gasteiger partial charge in [-0.05, 0) is 34.1 Å². The standard InChI is InChI=1S/C14H12BrN5O/c15-10-6-9-2-1-3-11(14(9)17-7-10)18-13(21)8-20-5-4-12(16)19-20/h1-7H,8H2,(H2,16,19)(H,18,21). The van der Waals surface area contributed by atoms with Crippen molar-refractivity contribution >= 4 is 44.2 Å². The molecule has 0 unspecified atom stereocenters. The van der Waals surface area contributed by atoms with Gasteiger partial charge in [0.05, 0.1) is 11.2 Å². The van der Waals surface area contributed by atoms with E-state index in [2.05, 4.69) is 31.3 Å². The minimum Gasteiger partial charge on any atom is -0.382 e. The van der Waals surface area contributed by atoms with Crippen LogP contribution < -0.4 is 11.1 Å². The van der Waals surface area contributed by atoms with Crippen molar-refractivity contribution in [1.29, 1.82) is 0 Å². The average molecular weight is 346 g/mol. The Kier molecular flexibility index (Phi) is 3.57. The van der Waals surface area contributed by atoms with E-state index >= 15 is 0 Å². The number of carbonyl (C=O) groups is 1. The highest BCUT2D eigenvalue weighted by Crippen LogP contribution is 2.23. The summed E-state index contributed by atoms with van der Waals surface area (Å²) in [5, 5.41) is 7.77. The van der Waals surface area contributed by atoms with Gasteiger partial charge in [0.15, 0.2) is 0 Å². The molecule has 0 aliphatic heterocycles. The Morgan fingerprint density at radius 2 is 2.24 bits per heavy atom. The van der Waals surface area contributed by atoms with Gasteiger partial charge in [-0.2, -0.15) is 5.10 Å². The van der Waals surface area contributed by atoms with E-state index < -0.39 is 0 Å². The molecule has 0 saturated carbocycles. The topological polar surface area (TPSA) is 85.8 Å². The first kappa shape index (κ1) is 13.6. The number of anilines is 2. The Balaban J connectivity index is 1.82. The zero-order valence-corrected chi connectivity index (χ0v) is 12.5. The maximum absolute atomic E-state index is 12.1. The maximum atomic E-state index is 12.1. The zero-order chi connectivity index (χ0) is 14.8. The fraction of sp³-hybridized carbons (Fsp3) is 0.0714. The molecule has 0 aliphatic rings. The molecule has 106 valence electrons. The number of hydrogen-bond acceptors (Lipinski definition) is 4. The lowest BCUT2D eigenvalue weighted by molar-refractivity contribution is -0.116. The summed E-state index contributed by atoms with van der Waals surface area (Å²) in [4.78, 5) is 16.4. The first-order valence-electron chi connectivity index (χ1n) is 6.25. The SMILES string of the molecule is Nc1ccn(CC(=O)Nc2cccc3cc(Br)cnc23)n1. The number of benzene rings is 1. The molecule has 0 saturated heterocycles. The molecule has 3 N–H and O–H groups in total. The van der Waals surface area contributed by atoms with Crippen LogP contribution in [0.2, 0.25) is 0 Å². The molecule has 0 spiro atoms. The summed E-state index contributed by atoms with van der Waals surface area (Å²) in [5.74, 6) is 0.204. The normalized spacial score (nSPS) is 10.7.